The van der Waals surface area contributed by atoms with Crippen LogP contribution in [0.5, 0.6) is 5.75 Å². The van der Waals surface area contributed by atoms with E-state index >= 15 is 0 Å². The Balaban J connectivity index is 2.66. The fraction of sp³-hybridized carbons (Fsp3) is 0.385. The monoisotopic (exact) mass is 218 g/mol. The number of benzene rings is 1. The molecular weight excluding hydrogens is 200 g/mol. The van der Waals surface area contributed by atoms with E-state index in [1.165, 1.54) is 5.56 Å². The number of aromatic nitrogens is 1. The molecule has 16 heavy (non-hydrogen) atoms. The molecule has 0 aliphatic heterocycles. The van der Waals surface area contributed by atoms with Gasteiger partial charge in [-0.05, 0) is 29.7 Å². The van der Waals surface area contributed by atoms with Crippen molar-refractivity contribution in [3.05, 3.63) is 29.5 Å². The van der Waals surface area contributed by atoms with Gasteiger partial charge in [-0.1, -0.05) is 13.8 Å². The number of H-pyrrole nitrogens is 1. The third-order valence-corrected chi connectivity index (χ3v) is 2.88. The third-order valence-electron chi connectivity index (χ3n) is 2.88. The van der Waals surface area contributed by atoms with Crippen LogP contribution in [0.25, 0.3) is 10.9 Å². The Morgan fingerprint density at radius 2 is 2.06 bits per heavy atom. The average molecular weight is 218 g/mol. The van der Waals surface area contributed by atoms with Crippen molar-refractivity contribution >= 4 is 10.9 Å². The van der Waals surface area contributed by atoms with Crippen LogP contribution in [-0.4, -0.2) is 12.1 Å². The number of nitrogens with one attached hydrogen (secondary N) is 1. The molecule has 0 spiro atoms. The molecule has 3 N–H and O–H groups in total. The van der Waals surface area contributed by atoms with Gasteiger partial charge < -0.3 is 15.5 Å². The Bertz CT molecular complexity index is 500. The van der Waals surface area contributed by atoms with Crippen molar-refractivity contribution in [2.45, 2.75) is 26.3 Å². The average Bonchev–Trinajstić information content (AvgIpc) is 2.70. The van der Waals surface area contributed by atoms with Gasteiger partial charge in [-0.25, -0.2) is 0 Å². The maximum Gasteiger partial charge on any atom is 0.128 e. The first-order chi connectivity index (χ1) is 7.65. The van der Waals surface area contributed by atoms with Crippen LogP contribution in [0.4, 0.5) is 0 Å². The van der Waals surface area contributed by atoms with E-state index < -0.39 is 0 Å². The van der Waals surface area contributed by atoms with Gasteiger partial charge >= 0.3 is 0 Å². The van der Waals surface area contributed by atoms with Gasteiger partial charge in [0.25, 0.3) is 0 Å². The van der Waals surface area contributed by atoms with E-state index in [1.807, 2.05) is 0 Å². The first-order valence-electron chi connectivity index (χ1n) is 5.55. The van der Waals surface area contributed by atoms with Crippen LogP contribution in [-0.2, 0) is 6.54 Å². The van der Waals surface area contributed by atoms with E-state index in [4.69, 9.17) is 10.5 Å². The SMILES string of the molecule is COc1cc(C(C)C)cc2[nH]c(CN)cc12. The molecule has 0 saturated heterocycles. The highest BCUT2D eigenvalue weighted by Gasteiger charge is 2.09. The van der Waals surface area contributed by atoms with Crippen LogP contribution in [0.1, 0.15) is 31.0 Å². The quantitative estimate of drug-likeness (QED) is 0.832. The second-order valence-corrected chi connectivity index (χ2v) is 4.34. The molecule has 1 aromatic carbocycles. The molecule has 0 unspecified atom stereocenters. The predicted octanol–water partition coefficient (Wildman–Crippen LogP) is 2.76. The lowest BCUT2D eigenvalue weighted by molar-refractivity contribution is 0.419. The molecule has 86 valence electrons. The van der Waals surface area contributed by atoms with Crippen LogP contribution in [0.15, 0.2) is 18.2 Å². The largest absolute Gasteiger partial charge is 0.496 e. The molecule has 2 rings (SSSR count). The third kappa shape index (κ3) is 1.78. The minimum Gasteiger partial charge on any atom is -0.496 e. The fourth-order valence-electron chi connectivity index (χ4n) is 1.90. The van der Waals surface area contributed by atoms with Gasteiger partial charge in [-0.15, -0.1) is 0 Å². The molecule has 3 nitrogen and oxygen atoms in total. The van der Waals surface area contributed by atoms with E-state index in [0.29, 0.717) is 12.5 Å². The van der Waals surface area contributed by atoms with Crippen molar-refractivity contribution in [3.8, 4) is 5.75 Å². The maximum absolute atomic E-state index is 5.63. The van der Waals surface area contributed by atoms with Crippen molar-refractivity contribution < 1.29 is 4.74 Å². The van der Waals surface area contributed by atoms with Crippen LogP contribution in [0.3, 0.4) is 0 Å². The number of hydrogen-bond acceptors (Lipinski definition) is 2. The summed E-state index contributed by atoms with van der Waals surface area (Å²) in [5.74, 6) is 1.40. The molecule has 0 atom stereocenters. The molecule has 1 aromatic heterocycles. The van der Waals surface area contributed by atoms with Crippen molar-refractivity contribution in [1.29, 1.82) is 0 Å². The Morgan fingerprint density at radius 3 is 2.62 bits per heavy atom. The van der Waals surface area contributed by atoms with Gasteiger partial charge in [0.2, 0.25) is 0 Å². The lowest BCUT2D eigenvalue weighted by atomic mass is 10.0. The Hall–Kier alpha value is -1.48. The van der Waals surface area contributed by atoms with Crippen molar-refractivity contribution in [2.24, 2.45) is 5.73 Å². The van der Waals surface area contributed by atoms with E-state index in [1.54, 1.807) is 7.11 Å². The Morgan fingerprint density at radius 1 is 1.31 bits per heavy atom. The summed E-state index contributed by atoms with van der Waals surface area (Å²) in [6, 6.07) is 6.32. The van der Waals surface area contributed by atoms with E-state index in [2.05, 4.69) is 37.0 Å². The molecule has 0 aliphatic carbocycles. The lowest BCUT2D eigenvalue weighted by Crippen LogP contribution is -1.95. The molecule has 0 bridgehead atoms. The van der Waals surface area contributed by atoms with Crippen LogP contribution in [0, 0.1) is 0 Å². The summed E-state index contributed by atoms with van der Waals surface area (Å²) in [5.41, 5.74) is 9.04. The molecule has 0 radical (unpaired) electrons. The summed E-state index contributed by atoms with van der Waals surface area (Å²) in [7, 11) is 1.70. The zero-order valence-corrected chi connectivity index (χ0v) is 10.0. The molecule has 1 heterocycles. The number of hydrogen-bond donors (Lipinski definition) is 2. The predicted molar refractivity (Wildman–Crippen MR) is 66.8 cm³/mol. The Kier molecular flexibility index (Phi) is 2.88. The molecule has 0 amide bonds. The summed E-state index contributed by atoms with van der Waals surface area (Å²) in [6.07, 6.45) is 0. The normalized spacial score (nSPS) is 11.3. The summed E-state index contributed by atoms with van der Waals surface area (Å²) in [6.45, 7) is 4.87. The number of ether oxygens (including phenoxy) is 1. The minimum atomic E-state index is 0.489. The van der Waals surface area contributed by atoms with Crippen LogP contribution >= 0.6 is 0 Å². The second kappa shape index (κ2) is 4.18. The highest BCUT2D eigenvalue weighted by Crippen LogP contribution is 2.30. The van der Waals surface area contributed by atoms with Gasteiger partial charge in [0.15, 0.2) is 0 Å². The zero-order chi connectivity index (χ0) is 11.7. The summed E-state index contributed by atoms with van der Waals surface area (Å²) in [4.78, 5) is 3.31. The second-order valence-electron chi connectivity index (χ2n) is 4.34. The molecule has 0 fully saturated rings. The number of fused-ring (bicyclic) bond motifs is 1. The maximum atomic E-state index is 5.63. The van der Waals surface area contributed by atoms with Crippen molar-refractivity contribution in [3.63, 3.8) is 0 Å². The molecule has 0 aliphatic rings. The van der Waals surface area contributed by atoms with Gasteiger partial charge in [-0.3, -0.25) is 0 Å². The molecule has 2 aromatic rings. The number of rotatable bonds is 3. The van der Waals surface area contributed by atoms with Crippen LogP contribution < -0.4 is 10.5 Å². The minimum absolute atomic E-state index is 0.489. The van der Waals surface area contributed by atoms with Gasteiger partial charge in [-0.2, -0.15) is 0 Å². The van der Waals surface area contributed by atoms with Crippen molar-refractivity contribution in [2.75, 3.05) is 7.11 Å². The topological polar surface area (TPSA) is 51.0 Å². The molecular formula is C13H18N2O. The number of nitrogens with two attached hydrogens (primary N) is 1. The zero-order valence-electron chi connectivity index (χ0n) is 10.0. The molecule has 3 heteroatoms. The first-order valence-corrected chi connectivity index (χ1v) is 5.55. The van der Waals surface area contributed by atoms with E-state index in [0.717, 1.165) is 22.3 Å². The standard InChI is InChI=1S/C13H18N2O/c1-8(2)9-4-12-11(13(5-9)16-3)6-10(7-14)15-12/h4-6,8,15H,7,14H2,1-3H3. The van der Waals surface area contributed by atoms with E-state index in [-0.39, 0.29) is 0 Å². The van der Waals surface area contributed by atoms with E-state index in [9.17, 15) is 0 Å². The van der Waals surface area contributed by atoms with Crippen LogP contribution in [0.2, 0.25) is 0 Å². The highest BCUT2D eigenvalue weighted by molar-refractivity contribution is 5.87. The number of aromatic amines is 1. The van der Waals surface area contributed by atoms with Gasteiger partial charge in [0, 0.05) is 23.1 Å². The summed E-state index contributed by atoms with van der Waals surface area (Å²) >= 11 is 0. The summed E-state index contributed by atoms with van der Waals surface area (Å²) in [5, 5.41) is 1.10. The summed E-state index contributed by atoms with van der Waals surface area (Å²) < 4.78 is 5.42. The fourth-order valence-corrected chi connectivity index (χ4v) is 1.90. The van der Waals surface area contributed by atoms with Gasteiger partial charge in [0.05, 0.1) is 7.11 Å². The van der Waals surface area contributed by atoms with Crippen molar-refractivity contribution in [1.82, 2.24) is 4.98 Å². The Labute approximate surface area is 95.6 Å². The smallest absolute Gasteiger partial charge is 0.128 e. The highest BCUT2D eigenvalue weighted by atomic mass is 16.5. The first kappa shape index (κ1) is 11.0. The van der Waals surface area contributed by atoms with Gasteiger partial charge in [0.1, 0.15) is 5.75 Å². The lowest BCUT2D eigenvalue weighted by Gasteiger charge is -2.09. The number of methoxy groups -OCH3 is 1. The molecule has 0 saturated carbocycles.